The van der Waals surface area contributed by atoms with Crippen LogP contribution in [0.25, 0.3) is 0 Å². The summed E-state index contributed by atoms with van der Waals surface area (Å²) in [5.41, 5.74) is 3.84. The molecule has 1 heterocycles. The molecule has 0 aliphatic carbocycles. The molecule has 0 unspecified atom stereocenters. The Kier molecular flexibility index (Phi) is 6.14. The molecule has 7 heteroatoms. The third kappa shape index (κ3) is 5.03. The van der Waals surface area contributed by atoms with E-state index in [1.54, 1.807) is 6.92 Å². The molecule has 1 amide bonds. The van der Waals surface area contributed by atoms with E-state index in [4.69, 9.17) is 9.84 Å². The summed E-state index contributed by atoms with van der Waals surface area (Å²) < 4.78 is 5.75. The van der Waals surface area contributed by atoms with E-state index in [0.29, 0.717) is 23.9 Å². The standard InChI is InChI=1S/C18H22N2O4S/c1-10-7-11(2)12(3)14(8-10)24-6-5-19-15(21)9-16-20-13(4)17(25-16)18(22)23/h7-8H,5-6,9H2,1-4H3,(H,19,21)(H,22,23). The van der Waals surface area contributed by atoms with Gasteiger partial charge in [0, 0.05) is 0 Å². The Morgan fingerprint density at radius 2 is 1.96 bits per heavy atom. The zero-order valence-electron chi connectivity index (χ0n) is 14.8. The predicted octanol–water partition coefficient (Wildman–Crippen LogP) is 2.81. The lowest BCUT2D eigenvalue weighted by atomic mass is 10.1. The van der Waals surface area contributed by atoms with E-state index < -0.39 is 5.97 Å². The van der Waals surface area contributed by atoms with Crippen molar-refractivity contribution in [3.8, 4) is 5.75 Å². The van der Waals surface area contributed by atoms with Gasteiger partial charge in [-0.1, -0.05) is 6.07 Å². The fraction of sp³-hybridized carbons (Fsp3) is 0.389. The number of aromatic carboxylic acids is 1. The third-order valence-corrected chi connectivity index (χ3v) is 4.94. The molecule has 2 rings (SSSR count). The number of carboxylic acids is 1. The predicted molar refractivity (Wildman–Crippen MR) is 96.7 cm³/mol. The normalized spacial score (nSPS) is 10.6. The highest BCUT2D eigenvalue weighted by Crippen LogP contribution is 2.23. The second-order valence-electron chi connectivity index (χ2n) is 5.91. The van der Waals surface area contributed by atoms with Crippen LogP contribution in [-0.2, 0) is 11.2 Å². The molecule has 1 aromatic heterocycles. The Morgan fingerprint density at radius 1 is 1.24 bits per heavy atom. The van der Waals surface area contributed by atoms with Gasteiger partial charge in [0.25, 0.3) is 0 Å². The smallest absolute Gasteiger partial charge is 0.347 e. The van der Waals surface area contributed by atoms with Crippen LogP contribution >= 0.6 is 11.3 Å². The third-order valence-electron chi connectivity index (χ3n) is 3.79. The molecule has 25 heavy (non-hydrogen) atoms. The average Bonchev–Trinajstić information content (AvgIpc) is 2.88. The molecular weight excluding hydrogens is 340 g/mol. The fourth-order valence-electron chi connectivity index (χ4n) is 2.43. The number of hydrogen-bond donors (Lipinski definition) is 2. The Morgan fingerprint density at radius 3 is 2.60 bits per heavy atom. The Labute approximate surface area is 150 Å². The van der Waals surface area contributed by atoms with Gasteiger partial charge in [-0.15, -0.1) is 11.3 Å². The van der Waals surface area contributed by atoms with Crippen LogP contribution in [0, 0.1) is 27.7 Å². The summed E-state index contributed by atoms with van der Waals surface area (Å²) in [6.45, 7) is 8.43. The molecule has 134 valence electrons. The van der Waals surface area contributed by atoms with Crippen LogP contribution in [0.15, 0.2) is 12.1 Å². The van der Waals surface area contributed by atoms with Gasteiger partial charge >= 0.3 is 5.97 Å². The Hall–Kier alpha value is -2.41. The number of nitrogens with zero attached hydrogens (tertiary/aromatic N) is 1. The van der Waals surface area contributed by atoms with E-state index in [1.807, 2.05) is 26.8 Å². The highest BCUT2D eigenvalue weighted by molar-refractivity contribution is 7.13. The monoisotopic (exact) mass is 362 g/mol. The number of thiazole rings is 1. The number of nitrogens with one attached hydrogen (secondary N) is 1. The van der Waals surface area contributed by atoms with Crippen molar-refractivity contribution >= 4 is 23.2 Å². The molecule has 0 saturated carbocycles. The molecule has 0 radical (unpaired) electrons. The lowest BCUT2D eigenvalue weighted by Crippen LogP contribution is -2.29. The van der Waals surface area contributed by atoms with Crippen molar-refractivity contribution in [3.63, 3.8) is 0 Å². The number of carbonyl (C=O) groups excluding carboxylic acids is 1. The van der Waals surface area contributed by atoms with E-state index in [1.165, 1.54) is 5.56 Å². The summed E-state index contributed by atoms with van der Waals surface area (Å²) >= 11 is 1.03. The molecule has 0 bridgehead atoms. The van der Waals surface area contributed by atoms with Crippen LogP contribution < -0.4 is 10.1 Å². The number of aromatic nitrogens is 1. The largest absolute Gasteiger partial charge is 0.491 e. The van der Waals surface area contributed by atoms with Gasteiger partial charge in [-0.05, 0) is 50.5 Å². The van der Waals surface area contributed by atoms with Crippen LogP contribution in [-0.4, -0.2) is 35.1 Å². The lowest BCUT2D eigenvalue weighted by molar-refractivity contribution is -0.120. The van der Waals surface area contributed by atoms with Crippen molar-refractivity contribution < 1.29 is 19.4 Å². The van der Waals surface area contributed by atoms with Crippen molar-refractivity contribution in [3.05, 3.63) is 44.4 Å². The summed E-state index contributed by atoms with van der Waals surface area (Å²) in [5, 5.41) is 12.3. The summed E-state index contributed by atoms with van der Waals surface area (Å²) in [7, 11) is 0. The minimum Gasteiger partial charge on any atom is -0.491 e. The number of hydrogen-bond acceptors (Lipinski definition) is 5. The maximum absolute atomic E-state index is 11.9. The summed E-state index contributed by atoms with van der Waals surface area (Å²) in [4.78, 5) is 27.2. The molecule has 6 nitrogen and oxygen atoms in total. The Balaban J connectivity index is 1.81. The first-order valence-corrected chi connectivity index (χ1v) is 8.76. The maximum atomic E-state index is 11.9. The number of rotatable bonds is 7. The van der Waals surface area contributed by atoms with Crippen molar-refractivity contribution in [1.29, 1.82) is 0 Å². The lowest BCUT2D eigenvalue weighted by Gasteiger charge is -2.12. The van der Waals surface area contributed by atoms with Gasteiger partial charge in [0.15, 0.2) is 0 Å². The summed E-state index contributed by atoms with van der Waals surface area (Å²) in [5.74, 6) is -0.390. The number of benzene rings is 1. The zero-order chi connectivity index (χ0) is 18.6. The molecule has 0 spiro atoms. The number of ether oxygens (including phenoxy) is 1. The van der Waals surface area contributed by atoms with Gasteiger partial charge in [-0.3, -0.25) is 4.79 Å². The molecule has 2 N–H and O–H groups in total. The number of carbonyl (C=O) groups is 2. The van der Waals surface area contributed by atoms with Crippen LogP contribution in [0.1, 0.15) is 37.1 Å². The number of amides is 1. The van der Waals surface area contributed by atoms with Gasteiger partial charge in [0.1, 0.15) is 22.2 Å². The number of aryl methyl sites for hydroxylation is 3. The van der Waals surface area contributed by atoms with E-state index >= 15 is 0 Å². The highest BCUT2D eigenvalue weighted by atomic mass is 32.1. The quantitative estimate of drug-likeness (QED) is 0.740. The van der Waals surface area contributed by atoms with E-state index in [-0.39, 0.29) is 17.2 Å². The second-order valence-corrected chi connectivity index (χ2v) is 6.99. The number of carboxylic acid groups (broad SMARTS) is 1. The fourth-order valence-corrected chi connectivity index (χ4v) is 3.33. The topological polar surface area (TPSA) is 88.5 Å². The highest BCUT2D eigenvalue weighted by Gasteiger charge is 2.15. The SMILES string of the molecule is Cc1cc(C)c(C)c(OCCNC(=O)Cc2nc(C)c(C(=O)O)s2)c1. The van der Waals surface area contributed by atoms with E-state index in [0.717, 1.165) is 28.2 Å². The minimum atomic E-state index is -1.01. The van der Waals surface area contributed by atoms with E-state index in [2.05, 4.69) is 16.4 Å². The minimum absolute atomic E-state index is 0.0708. The van der Waals surface area contributed by atoms with Gasteiger partial charge < -0.3 is 15.2 Å². The molecule has 0 aliphatic heterocycles. The molecule has 0 saturated heterocycles. The first kappa shape index (κ1) is 18.9. The molecule has 1 aromatic carbocycles. The summed E-state index contributed by atoms with van der Waals surface area (Å²) in [6.07, 6.45) is 0.0708. The van der Waals surface area contributed by atoms with Crippen molar-refractivity contribution in [2.45, 2.75) is 34.1 Å². The Bertz CT molecular complexity index is 799. The second kappa shape index (κ2) is 8.11. The van der Waals surface area contributed by atoms with Crippen molar-refractivity contribution in [2.24, 2.45) is 0 Å². The molecular formula is C18H22N2O4S. The first-order chi connectivity index (χ1) is 11.8. The van der Waals surface area contributed by atoms with Crippen LogP contribution in [0.5, 0.6) is 5.75 Å². The molecule has 0 aliphatic rings. The zero-order valence-corrected chi connectivity index (χ0v) is 15.6. The maximum Gasteiger partial charge on any atom is 0.347 e. The molecule has 0 fully saturated rings. The molecule has 0 atom stereocenters. The van der Waals surface area contributed by atoms with Crippen molar-refractivity contribution in [2.75, 3.05) is 13.2 Å². The molecule has 2 aromatic rings. The van der Waals surface area contributed by atoms with Crippen LogP contribution in [0.2, 0.25) is 0 Å². The summed E-state index contributed by atoms with van der Waals surface area (Å²) in [6, 6.07) is 4.08. The van der Waals surface area contributed by atoms with Crippen LogP contribution in [0.3, 0.4) is 0 Å². The van der Waals surface area contributed by atoms with Gasteiger partial charge in [-0.2, -0.15) is 0 Å². The average molecular weight is 362 g/mol. The van der Waals surface area contributed by atoms with Gasteiger partial charge in [0.05, 0.1) is 18.7 Å². The first-order valence-electron chi connectivity index (χ1n) is 7.95. The van der Waals surface area contributed by atoms with Crippen LogP contribution in [0.4, 0.5) is 0 Å². The van der Waals surface area contributed by atoms with E-state index in [9.17, 15) is 9.59 Å². The van der Waals surface area contributed by atoms with Gasteiger partial charge in [-0.25, -0.2) is 9.78 Å². The van der Waals surface area contributed by atoms with Gasteiger partial charge in [0.2, 0.25) is 5.91 Å². The van der Waals surface area contributed by atoms with Crippen molar-refractivity contribution in [1.82, 2.24) is 10.3 Å².